The van der Waals surface area contributed by atoms with E-state index >= 15 is 0 Å². The highest BCUT2D eigenvalue weighted by atomic mass is 15.2. The molecule has 0 aromatic heterocycles. The Hall–Kier alpha value is -8.14. The molecule has 0 radical (unpaired) electrons. The Kier molecular flexibility index (Phi) is 8.04. The largest absolute Gasteiger partial charge is 0.344 e. The topological polar surface area (TPSA) is 36.8 Å². The van der Waals surface area contributed by atoms with Gasteiger partial charge in [-0.2, -0.15) is 0 Å². The van der Waals surface area contributed by atoms with Gasteiger partial charge in [-0.05, 0) is 129 Å². The molecule has 294 valence electrons. The zero-order chi connectivity index (χ0) is 41.4. The number of fused-ring (bicyclic) bond motifs is 10. The highest BCUT2D eigenvalue weighted by Gasteiger charge is 2.39. The van der Waals surface area contributed by atoms with Gasteiger partial charge in [-0.15, -0.1) is 0 Å². The standard InChI is InChI=1S/C60H39N3/c1-4-13-37(14-5-1)52-35-55-56-48(21-12-22-51(56)53-36-54(53)57(55)50-20-11-10-19-49(50)52)46-29-27-42-31-40(23-25-44(42)33-46)41-24-26-45-34-47(30-28-43(45)32-41)60-62-58(38-15-6-2-7-16-38)61-59(63-60)39-17-8-3-9-18-39/h1-36,54,60H,(H,61,62,63). The third-order valence-corrected chi connectivity index (χ3v) is 13.2. The van der Waals surface area contributed by atoms with Gasteiger partial charge in [0, 0.05) is 17.0 Å². The summed E-state index contributed by atoms with van der Waals surface area (Å²) in [7, 11) is 0. The van der Waals surface area contributed by atoms with Crippen molar-refractivity contribution in [2.24, 2.45) is 9.98 Å². The van der Waals surface area contributed by atoms with Gasteiger partial charge in [0.15, 0.2) is 5.84 Å². The van der Waals surface area contributed by atoms with Crippen LogP contribution in [0.25, 0.3) is 82.4 Å². The van der Waals surface area contributed by atoms with Crippen LogP contribution in [-0.2, 0) is 0 Å². The molecule has 0 saturated carbocycles. The molecule has 63 heavy (non-hydrogen) atoms. The number of rotatable bonds is 6. The van der Waals surface area contributed by atoms with Crippen LogP contribution >= 0.6 is 0 Å². The smallest absolute Gasteiger partial charge is 0.159 e. The average molecular weight is 802 g/mol. The summed E-state index contributed by atoms with van der Waals surface area (Å²) in [6.45, 7) is 0. The first-order chi connectivity index (χ1) is 31.2. The van der Waals surface area contributed by atoms with Crippen molar-refractivity contribution in [3.05, 3.63) is 246 Å². The van der Waals surface area contributed by atoms with Gasteiger partial charge in [-0.3, -0.25) is 0 Å². The first-order valence-corrected chi connectivity index (χ1v) is 21.8. The Morgan fingerprint density at radius 1 is 0.381 bits per heavy atom. The number of aliphatic imine (C=N–C) groups is 2. The normalized spacial score (nSPS) is 16.0. The predicted octanol–water partition coefficient (Wildman–Crippen LogP) is 14.8. The van der Waals surface area contributed by atoms with Gasteiger partial charge in [-0.1, -0.05) is 188 Å². The summed E-state index contributed by atoms with van der Waals surface area (Å²) in [5, 5.41) is 11.1. The lowest BCUT2D eigenvalue weighted by Gasteiger charge is -2.26. The van der Waals surface area contributed by atoms with E-state index in [1.807, 2.05) is 36.4 Å². The molecule has 13 rings (SSSR count). The molecule has 0 amide bonds. The summed E-state index contributed by atoms with van der Waals surface area (Å²) in [5.74, 6) is 1.93. The summed E-state index contributed by atoms with van der Waals surface area (Å²) in [4.78, 5) is 10.1. The third kappa shape index (κ3) is 6.04. The average Bonchev–Trinajstić information content (AvgIpc) is 4.17. The van der Waals surface area contributed by atoms with Gasteiger partial charge in [0.1, 0.15) is 12.0 Å². The molecule has 1 aliphatic heterocycles. The van der Waals surface area contributed by atoms with Crippen LogP contribution in [0.15, 0.2) is 228 Å². The third-order valence-electron chi connectivity index (χ3n) is 13.2. The van der Waals surface area contributed by atoms with Crippen molar-refractivity contribution < 1.29 is 0 Å². The van der Waals surface area contributed by atoms with Crippen molar-refractivity contribution in [3.8, 4) is 44.5 Å². The quantitative estimate of drug-likeness (QED) is 0.179. The number of benzene rings is 10. The monoisotopic (exact) mass is 801 g/mol. The van der Waals surface area contributed by atoms with Crippen LogP contribution in [0.4, 0.5) is 0 Å². The Balaban J connectivity index is 0.836. The number of hydrogen-bond donors (Lipinski definition) is 1. The second kappa shape index (κ2) is 14.2. The fraction of sp³-hybridized carbons (Fsp3) is 0.0333. The molecule has 0 fully saturated rings. The van der Waals surface area contributed by atoms with Crippen LogP contribution in [0.3, 0.4) is 0 Å². The van der Waals surface area contributed by atoms with Crippen LogP contribution in [0.2, 0.25) is 0 Å². The number of nitrogens with zero attached hydrogens (tertiary/aromatic N) is 2. The Bertz CT molecular complexity index is 3580. The van der Waals surface area contributed by atoms with Gasteiger partial charge in [0.05, 0.1) is 0 Å². The zero-order valence-corrected chi connectivity index (χ0v) is 34.3. The van der Waals surface area contributed by atoms with E-state index in [4.69, 9.17) is 9.98 Å². The van der Waals surface area contributed by atoms with Crippen LogP contribution < -0.4 is 5.32 Å². The van der Waals surface area contributed by atoms with E-state index < -0.39 is 0 Å². The van der Waals surface area contributed by atoms with Gasteiger partial charge in [0.25, 0.3) is 0 Å². The Labute approximate surface area is 366 Å². The zero-order valence-electron chi connectivity index (χ0n) is 34.3. The number of hydrogen-bond acceptors (Lipinski definition) is 3. The second-order valence-corrected chi connectivity index (χ2v) is 16.9. The minimum Gasteiger partial charge on any atom is -0.344 e. The van der Waals surface area contributed by atoms with E-state index in [0.29, 0.717) is 5.92 Å². The minimum atomic E-state index is -0.271. The van der Waals surface area contributed by atoms with Gasteiger partial charge in [-0.25, -0.2) is 9.98 Å². The molecule has 2 atom stereocenters. The van der Waals surface area contributed by atoms with Gasteiger partial charge in [0.2, 0.25) is 0 Å². The van der Waals surface area contributed by atoms with Gasteiger partial charge < -0.3 is 5.32 Å². The summed E-state index contributed by atoms with van der Waals surface area (Å²) >= 11 is 0. The maximum Gasteiger partial charge on any atom is 0.159 e. The molecule has 0 saturated heterocycles. The van der Waals surface area contributed by atoms with Crippen molar-refractivity contribution in [2.75, 3.05) is 0 Å². The number of amidine groups is 2. The molecular formula is C60H39N3. The van der Waals surface area contributed by atoms with Crippen LogP contribution in [0, 0.1) is 0 Å². The lowest BCUT2D eigenvalue weighted by atomic mass is 9.77. The SMILES string of the molecule is C1=C2c3cccc(-c4ccc5cc(-c6ccc7cc(C8N=C(c9ccccc9)N=C(c9ccccc9)N8)ccc7c6)ccc5c4)c3-c3cc(-c4ccccc4)c4ccccc4c3C12. The molecule has 1 heterocycles. The van der Waals surface area contributed by atoms with Crippen LogP contribution in [-0.4, -0.2) is 11.7 Å². The second-order valence-electron chi connectivity index (χ2n) is 16.9. The molecule has 10 aromatic carbocycles. The van der Waals surface area contributed by atoms with E-state index in [1.54, 1.807) is 0 Å². The van der Waals surface area contributed by atoms with E-state index in [2.05, 4.69) is 187 Å². The van der Waals surface area contributed by atoms with Crippen molar-refractivity contribution in [2.45, 2.75) is 12.1 Å². The molecule has 10 aromatic rings. The van der Waals surface area contributed by atoms with Crippen molar-refractivity contribution in [1.29, 1.82) is 0 Å². The molecule has 0 spiro atoms. The number of nitrogens with one attached hydrogen (secondary N) is 1. The van der Waals surface area contributed by atoms with Crippen LogP contribution in [0.5, 0.6) is 0 Å². The van der Waals surface area contributed by atoms with Crippen molar-refractivity contribution in [3.63, 3.8) is 0 Å². The minimum absolute atomic E-state index is 0.271. The molecule has 3 aliphatic rings. The van der Waals surface area contributed by atoms with Crippen LogP contribution in [0.1, 0.15) is 39.9 Å². The predicted molar refractivity (Wildman–Crippen MR) is 263 cm³/mol. The lowest BCUT2D eigenvalue weighted by Crippen LogP contribution is -2.33. The molecule has 3 nitrogen and oxygen atoms in total. The molecule has 0 bridgehead atoms. The van der Waals surface area contributed by atoms with Gasteiger partial charge >= 0.3 is 0 Å². The lowest BCUT2D eigenvalue weighted by molar-refractivity contribution is 0.675. The molecule has 2 unspecified atom stereocenters. The first kappa shape index (κ1) is 35.6. The number of allylic oxidation sites excluding steroid dienone is 2. The fourth-order valence-corrected chi connectivity index (χ4v) is 10.0. The van der Waals surface area contributed by atoms with Crippen molar-refractivity contribution in [1.82, 2.24) is 5.32 Å². The Morgan fingerprint density at radius 3 is 1.67 bits per heavy atom. The highest BCUT2D eigenvalue weighted by Crippen LogP contribution is 2.60. The summed E-state index contributed by atoms with van der Waals surface area (Å²) in [6, 6.07) is 77.0. The Morgan fingerprint density at radius 2 is 0.952 bits per heavy atom. The fourth-order valence-electron chi connectivity index (χ4n) is 10.0. The summed E-state index contributed by atoms with van der Waals surface area (Å²) < 4.78 is 0. The van der Waals surface area contributed by atoms with E-state index in [0.717, 1.165) is 28.4 Å². The summed E-state index contributed by atoms with van der Waals surface area (Å²) in [6.07, 6.45) is 2.19. The summed E-state index contributed by atoms with van der Waals surface area (Å²) in [5.41, 5.74) is 17.5. The van der Waals surface area contributed by atoms with E-state index in [1.165, 1.54) is 93.5 Å². The molecule has 2 aliphatic carbocycles. The van der Waals surface area contributed by atoms with E-state index in [-0.39, 0.29) is 6.17 Å². The maximum absolute atomic E-state index is 5.10. The first-order valence-electron chi connectivity index (χ1n) is 21.8. The van der Waals surface area contributed by atoms with Crippen molar-refractivity contribution >= 4 is 49.6 Å². The molecular weight excluding hydrogens is 763 g/mol. The highest BCUT2D eigenvalue weighted by molar-refractivity contribution is 6.14. The maximum atomic E-state index is 5.10. The van der Waals surface area contributed by atoms with E-state index in [9.17, 15) is 0 Å². The molecule has 1 N–H and O–H groups in total. The molecule has 3 heteroatoms.